The molecule has 1 heterocycles. The normalized spacial score (nSPS) is 11.7. The molecule has 12 heavy (non-hydrogen) atoms. The summed E-state index contributed by atoms with van der Waals surface area (Å²) in [7, 11) is 0. The van der Waals surface area contributed by atoms with Gasteiger partial charge in [-0.05, 0) is 12.0 Å². The van der Waals surface area contributed by atoms with Gasteiger partial charge in [0, 0.05) is 0 Å². The summed E-state index contributed by atoms with van der Waals surface area (Å²) in [6.45, 7) is 1.52. The zero-order valence-corrected chi connectivity index (χ0v) is 6.26. The molecule has 1 aromatic rings. The Hall–Kier alpha value is -1.13. The fourth-order valence-electron chi connectivity index (χ4n) is 0.798. The molecule has 0 aliphatic heterocycles. The van der Waals surface area contributed by atoms with Crippen molar-refractivity contribution in [1.82, 2.24) is 10.2 Å². The summed E-state index contributed by atoms with van der Waals surface area (Å²) in [4.78, 5) is 0. The largest absolute Gasteiger partial charge is 0.418 e. The number of alkyl halides is 3. The SMILES string of the molecule is C[CH]c1cnncc1C(F)(F)F. The fraction of sp³-hybridized carbons (Fsp3) is 0.286. The van der Waals surface area contributed by atoms with Crippen LogP contribution >= 0.6 is 0 Å². The maximum absolute atomic E-state index is 12.1. The van der Waals surface area contributed by atoms with Gasteiger partial charge in [-0.3, -0.25) is 0 Å². The number of aromatic nitrogens is 2. The van der Waals surface area contributed by atoms with Gasteiger partial charge in [-0.2, -0.15) is 23.4 Å². The summed E-state index contributed by atoms with van der Waals surface area (Å²) in [6, 6.07) is 0. The Morgan fingerprint density at radius 1 is 1.25 bits per heavy atom. The second kappa shape index (κ2) is 3.08. The van der Waals surface area contributed by atoms with Gasteiger partial charge in [0.15, 0.2) is 0 Å². The smallest absolute Gasteiger partial charge is 0.166 e. The van der Waals surface area contributed by atoms with Crippen molar-refractivity contribution in [3.8, 4) is 0 Å². The van der Waals surface area contributed by atoms with E-state index in [-0.39, 0.29) is 5.56 Å². The molecule has 0 bridgehead atoms. The topological polar surface area (TPSA) is 25.8 Å². The maximum Gasteiger partial charge on any atom is 0.418 e. The lowest BCUT2D eigenvalue weighted by Crippen LogP contribution is -2.09. The molecule has 1 radical (unpaired) electrons. The van der Waals surface area contributed by atoms with Crippen LogP contribution in [0, 0.1) is 6.42 Å². The minimum absolute atomic E-state index is 0.0532. The zero-order valence-electron chi connectivity index (χ0n) is 6.26. The predicted molar refractivity (Wildman–Crippen MR) is 36.1 cm³/mol. The van der Waals surface area contributed by atoms with Crippen LogP contribution in [0.5, 0.6) is 0 Å². The van der Waals surface area contributed by atoms with Crippen molar-refractivity contribution in [2.75, 3.05) is 0 Å². The quantitative estimate of drug-likeness (QED) is 0.652. The molecule has 1 rings (SSSR count). The maximum atomic E-state index is 12.1. The lowest BCUT2D eigenvalue weighted by atomic mass is 10.1. The van der Waals surface area contributed by atoms with Gasteiger partial charge in [-0.25, -0.2) is 0 Å². The van der Waals surface area contributed by atoms with Crippen molar-refractivity contribution in [1.29, 1.82) is 0 Å². The second-order valence-electron chi connectivity index (χ2n) is 2.14. The van der Waals surface area contributed by atoms with E-state index in [2.05, 4.69) is 10.2 Å². The molecule has 0 amide bonds. The Morgan fingerprint density at radius 3 is 2.25 bits per heavy atom. The minimum Gasteiger partial charge on any atom is -0.166 e. The molecular formula is C7H6F3N2. The molecule has 65 valence electrons. The Labute approximate surface area is 67.4 Å². The average molecular weight is 175 g/mol. The number of halogens is 3. The molecular weight excluding hydrogens is 169 g/mol. The van der Waals surface area contributed by atoms with Gasteiger partial charge in [0.25, 0.3) is 0 Å². The molecule has 0 saturated carbocycles. The third-order valence-corrected chi connectivity index (χ3v) is 1.38. The van der Waals surface area contributed by atoms with E-state index in [9.17, 15) is 13.2 Å². The van der Waals surface area contributed by atoms with E-state index in [0.717, 1.165) is 12.4 Å². The van der Waals surface area contributed by atoms with Crippen LogP contribution in [0.4, 0.5) is 13.2 Å². The molecule has 1 aromatic heterocycles. The summed E-state index contributed by atoms with van der Waals surface area (Å²) in [6.07, 6.45) is -1.20. The van der Waals surface area contributed by atoms with E-state index in [1.54, 1.807) is 0 Å². The highest BCUT2D eigenvalue weighted by Crippen LogP contribution is 2.31. The van der Waals surface area contributed by atoms with Gasteiger partial charge in [0.2, 0.25) is 0 Å². The van der Waals surface area contributed by atoms with Gasteiger partial charge < -0.3 is 0 Å². The lowest BCUT2D eigenvalue weighted by molar-refractivity contribution is -0.138. The monoisotopic (exact) mass is 175 g/mol. The molecule has 0 fully saturated rings. The number of hydrogen-bond acceptors (Lipinski definition) is 2. The lowest BCUT2D eigenvalue weighted by Gasteiger charge is -2.08. The third kappa shape index (κ3) is 1.72. The molecule has 0 aromatic carbocycles. The van der Waals surface area contributed by atoms with Gasteiger partial charge in [-0.1, -0.05) is 6.92 Å². The van der Waals surface area contributed by atoms with Crippen molar-refractivity contribution >= 4 is 0 Å². The van der Waals surface area contributed by atoms with Crippen molar-refractivity contribution < 1.29 is 13.2 Å². The molecule has 0 aliphatic rings. The first-order valence-electron chi connectivity index (χ1n) is 3.23. The molecule has 0 unspecified atom stereocenters. The molecule has 0 saturated heterocycles. The van der Waals surface area contributed by atoms with E-state index >= 15 is 0 Å². The summed E-state index contributed by atoms with van der Waals surface area (Å²) in [5, 5.41) is 6.52. The summed E-state index contributed by atoms with van der Waals surface area (Å²) >= 11 is 0. The summed E-state index contributed by atoms with van der Waals surface area (Å²) < 4.78 is 36.4. The van der Waals surface area contributed by atoms with Gasteiger partial charge in [-0.15, -0.1) is 0 Å². The first-order valence-corrected chi connectivity index (χ1v) is 3.23. The van der Waals surface area contributed by atoms with Crippen LogP contribution in [0.3, 0.4) is 0 Å². The Kier molecular flexibility index (Phi) is 2.30. The molecule has 5 heteroatoms. The van der Waals surface area contributed by atoms with E-state index in [1.165, 1.54) is 13.3 Å². The van der Waals surface area contributed by atoms with E-state index < -0.39 is 11.7 Å². The second-order valence-corrected chi connectivity index (χ2v) is 2.14. The highest BCUT2D eigenvalue weighted by atomic mass is 19.4. The molecule has 0 atom stereocenters. The third-order valence-electron chi connectivity index (χ3n) is 1.38. The fourth-order valence-corrected chi connectivity index (χ4v) is 0.798. The Morgan fingerprint density at radius 2 is 1.83 bits per heavy atom. The van der Waals surface area contributed by atoms with Crippen LogP contribution in [0.1, 0.15) is 18.1 Å². The van der Waals surface area contributed by atoms with E-state index in [1.807, 2.05) is 0 Å². The van der Waals surface area contributed by atoms with Crippen molar-refractivity contribution in [3.05, 3.63) is 29.9 Å². The van der Waals surface area contributed by atoms with Crippen LogP contribution in [0.15, 0.2) is 12.4 Å². The number of nitrogens with zero attached hydrogens (tertiary/aromatic N) is 2. The van der Waals surface area contributed by atoms with Gasteiger partial charge in [0.1, 0.15) is 0 Å². The molecule has 0 spiro atoms. The Bertz CT molecular complexity index is 270. The molecule has 0 N–H and O–H groups in total. The average Bonchev–Trinajstić information content (AvgIpc) is 2.03. The number of rotatable bonds is 1. The summed E-state index contributed by atoms with van der Waals surface area (Å²) in [5.41, 5.74) is -0.697. The highest BCUT2D eigenvalue weighted by Gasteiger charge is 2.33. The predicted octanol–water partition coefficient (Wildman–Crippen LogP) is 2.07. The first-order chi connectivity index (χ1) is 5.55. The van der Waals surface area contributed by atoms with E-state index in [4.69, 9.17) is 0 Å². The van der Waals surface area contributed by atoms with Crippen LogP contribution in [-0.2, 0) is 6.18 Å². The van der Waals surface area contributed by atoms with Crippen molar-refractivity contribution in [3.63, 3.8) is 0 Å². The Balaban J connectivity index is 3.14. The van der Waals surface area contributed by atoms with Crippen LogP contribution < -0.4 is 0 Å². The number of hydrogen-bond donors (Lipinski definition) is 0. The molecule has 2 nitrogen and oxygen atoms in total. The standard InChI is InChI=1S/C7H6F3N2/c1-2-5-3-11-12-4-6(5)7(8,9)10/h2-4H,1H3. The van der Waals surface area contributed by atoms with Crippen molar-refractivity contribution in [2.45, 2.75) is 13.1 Å². The zero-order chi connectivity index (χ0) is 9.19. The highest BCUT2D eigenvalue weighted by molar-refractivity contribution is 5.29. The minimum atomic E-state index is -4.35. The van der Waals surface area contributed by atoms with Crippen LogP contribution in [0.25, 0.3) is 0 Å². The first kappa shape index (κ1) is 8.96. The molecule has 0 aliphatic carbocycles. The van der Waals surface area contributed by atoms with Gasteiger partial charge in [0.05, 0.1) is 18.0 Å². The van der Waals surface area contributed by atoms with Crippen LogP contribution in [-0.4, -0.2) is 10.2 Å². The van der Waals surface area contributed by atoms with Gasteiger partial charge >= 0.3 is 6.18 Å². The van der Waals surface area contributed by atoms with E-state index in [0.29, 0.717) is 0 Å². The van der Waals surface area contributed by atoms with Crippen LogP contribution in [0.2, 0.25) is 0 Å². The van der Waals surface area contributed by atoms with Crippen molar-refractivity contribution in [2.24, 2.45) is 0 Å². The summed E-state index contributed by atoms with van der Waals surface area (Å²) in [5.74, 6) is 0.